The van der Waals surface area contributed by atoms with Gasteiger partial charge < -0.3 is 4.74 Å². The molecule has 0 fully saturated rings. The van der Waals surface area contributed by atoms with Crippen molar-refractivity contribution in [2.45, 2.75) is 18.2 Å². The quantitative estimate of drug-likeness (QED) is 0.872. The number of benzene rings is 1. The first-order valence-corrected chi connectivity index (χ1v) is 8.03. The summed E-state index contributed by atoms with van der Waals surface area (Å²) in [7, 11) is -0.187. The van der Waals surface area contributed by atoms with Crippen molar-refractivity contribution < 1.29 is 13.2 Å². The Kier molecular flexibility index (Phi) is 4.64. The van der Waals surface area contributed by atoms with Crippen LogP contribution in [-0.4, -0.2) is 31.9 Å². The summed E-state index contributed by atoms with van der Waals surface area (Å²) in [6.07, 6.45) is 1.98. The average Bonchev–Trinajstić information content (AvgIpc) is 2.80. The Bertz CT molecular complexity index is 706. The maximum absolute atomic E-state index is 12.2. The summed E-state index contributed by atoms with van der Waals surface area (Å²) >= 11 is 0. The van der Waals surface area contributed by atoms with Crippen molar-refractivity contribution in [1.29, 1.82) is 0 Å². The molecule has 0 bridgehead atoms. The SMILES string of the molecule is COc1ccc(CCNS(=O)(=O)c2cnn(C)c2C)cc1. The van der Waals surface area contributed by atoms with Gasteiger partial charge in [0.15, 0.2) is 0 Å². The lowest BCUT2D eigenvalue weighted by atomic mass is 10.1. The van der Waals surface area contributed by atoms with Crippen LogP contribution in [0.2, 0.25) is 0 Å². The zero-order valence-corrected chi connectivity index (χ0v) is 13.1. The number of aryl methyl sites for hydroxylation is 1. The van der Waals surface area contributed by atoms with Crippen LogP contribution in [0.15, 0.2) is 35.4 Å². The van der Waals surface area contributed by atoms with Gasteiger partial charge in [-0.3, -0.25) is 4.68 Å². The van der Waals surface area contributed by atoms with Crippen LogP contribution >= 0.6 is 0 Å². The number of sulfonamides is 1. The Morgan fingerprint density at radius 1 is 1.29 bits per heavy atom. The van der Waals surface area contributed by atoms with Crippen LogP contribution in [0.3, 0.4) is 0 Å². The molecule has 0 saturated heterocycles. The highest BCUT2D eigenvalue weighted by molar-refractivity contribution is 7.89. The molecule has 0 aliphatic carbocycles. The molecule has 0 atom stereocenters. The smallest absolute Gasteiger partial charge is 0.243 e. The normalized spacial score (nSPS) is 11.6. The molecule has 0 unspecified atom stereocenters. The van der Waals surface area contributed by atoms with Crippen molar-refractivity contribution in [3.63, 3.8) is 0 Å². The minimum atomic E-state index is -3.51. The molecule has 1 N–H and O–H groups in total. The van der Waals surface area contributed by atoms with Gasteiger partial charge in [0.25, 0.3) is 0 Å². The van der Waals surface area contributed by atoms with Crippen molar-refractivity contribution >= 4 is 10.0 Å². The van der Waals surface area contributed by atoms with Crippen LogP contribution in [0.5, 0.6) is 5.75 Å². The van der Waals surface area contributed by atoms with E-state index in [9.17, 15) is 8.42 Å². The predicted molar refractivity (Wildman–Crippen MR) is 79.8 cm³/mol. The maximum Gasteiger partial charge on any atom is 0.243 e. The van der Waals surface area contributed by atoms with Gasteiger partial charge >= 0.3 is 0 Å². The molecule has 1 aromatic heterocycles. The zero-order valence-electron chi connectivity index (χ0n) is 12.3. The molecule has 0 aliphatic heterocycles. The lowest BCUT2D eigenvalue weighted by Crippen LogP contribution is -2.26. The largest absolute Gasteiger partial charge is 0.497 e. The molecule has 2 aromatic rings. The number of nitrogens with one attached hydrogen (secondary N) is 1. The molecular weight excluding hydrogens is 290 g/mol. The third-order valence-corrected chi connectivity index (χ3v) is 4.91. The van der Waals surface area contributed by atoms with Crippen molar-refractivity contribution in [2.75, 3.05) is 13.7 Å². The fraction of sp³-hybridized carbons (Fsp3) is 0.357. The van der Waals surface area contributed by atoms with E-state index in [1.165, 1.54) is 10.9 Å². The van der Waals surface area contributed by atoms with E-state index in [0.717, 1.165) is 11.3 Å². The van der Waals surface area contributed by atoms with Gasteiger partial charge in [-0.2, -0.15) is 5.10 Å². The van der Waals surface area contributed by atoms with Gasteiger partial charge in [0.05, 0.1) is 19.0 Å². The van der Waals surface area contributed by atoms with Gasteiger partial charge in [0.2, 0.25) is 10.0 Å². The first-order chi connectivity index (χ1) is 9.94. The van der Waals surface area contributed by atoms with Gasteiger partial charge in [0, 0.05) is 13.6 Å². The molecule has 1 heterocycles. The second kappa shape index (κ2) is 6.28. The molecule has 2 rings (SSSR count). The molecule has 7 heteroatoms. The summed E-state index contributed by atoms with van der Waals surface area (Å²) in [5.41, 5.74) is 1.66. The first kappa shape index (κ1) is 15.5. The highest BCUT2D eigenvalue weighted by Crippen LogP contribution is 2.14. The van der Waals surface area contributed by atoms with E-state index >= 15 is 0 Å². The second-order valence-electron chi connectivity index (χ2n) is 4.71. The highest BCUT2D eigenvalue weighted by Gasteiger charge is 2.19. The molecule has 0 spiro atoms. The number of hydrogen-bond acceptors (Lipinski definition) is 4. The van der Waals surface area contributed by atoms with Crippen LogP contribution in [0.25, 0.3) is 0 Å². The van der Waals surface area contributed by atoms with E-state index in [2.05, 4.69) is 9.82 Å². The summed E-state index contributed by atoms with van der Waals surface area (Å²) in [4.78, 5) is 0.222. The molecule has 0 aliphatic rings. The van der Waals surface area contributed by atoms with Crippen LogP contribution in [0, 0.1) is 6.92 Å². The number of nitrogens with zero attached hydrogens (tertiary/aromatic N) is 2. The fourth-order valence-electron chi connectivity index (χ4n) is 1.94. The fourth-order valence-corrected chi connectivity index (χ4v) is 3.18. The predicted octanol–water partition coefficient (Wildman–Crippen LogP) is 1.26. The maximum atomic E-state index is 12.2. The Labute approximate surface area is 124 Å². The van der Waals surface area contributed by atoms with Gasteiger partial charge in [0.1, 0.15) is 10.6 Å². The topological polar surface area (TPSA) is 73.2 Å². The number of aromatic nitrogens is 2. The molecule has 114 valence electrons. The van der Waals surface area contributed by atoms with Crippen molar-refractivity contribution in [1.82, 2.24) is 14.5 Å². The summed E-state index contributed by atoms with van der Waals surface area (Å²) < 4.78 is 33.6. The number of rotatable bonds is 6. The van der Waals surface area contributed by atoms with Gasteiger partial charge in [-0.05, 0) is 31.0 Å². The van der Waals surface area contributed by atoms with Gasteiger partial charge in [-0.1, -0.05) is 12.1 Å². The van der Waals surface area contributed by atoms with Crippen LogP contribution in [0.4, 0.5) is 0 Å². The summed E-state index contributed by atoms with van der Waals surface area (Å²) in [6.45, 7) is 2.06. The third-order valence-electron chi connectivity index (χ3n) is 3.34. The van der Waals surface area contributed by atoms with Gasteiger partial charge in [-0.15, -0.1) is 0 Å². The molecule has 0 amide bonds. The highest BCUT2D eigenvalue weighted by atomic mass is 32.2. The van der Waals surface area contributed by atoms with E-state index in [0.29, 0.717) is 18.7 Å². The van der Waals surface area contributed by atoms with Crippen molar-refractivity contribution in [3.8, 4) is 5.75 Å². The van der Waals surface area contributed by atoms with E-state index in [1.54, 1.807) is 21.1 Å². The number of hydrogen-bond donors (Lipinski definition) is 1. The monoisotopic (exact) mass is 309 g/mol. The lowest BCUT2D eigenvalue weighted by Gasteiger charge is -2.07. The van der Waals surface area contributed by atoms with Crippen LogP contribution in [0.1, 0.15) is 11.3 Å². The summed E-state index contributed by atoms with van der Waals surface area (Å²) in [5.74, 6) is 0.783. The molecule has 0 saturated carbocycles. The van der Waals surface area contributed by atoms with E-state index in [-0.39, 0.29) is 4.90 Å². The minimum absolute atomic E-state index is 0.222. The zero-order chi connectivity index (χ0) is 15.5. The third kappa shape index (κ3) is 3.62. The minimum Gasteiger partial charge on any atom is -0.497 e. The van der Waals surface area contributed by atoms with E-state index in [4.69, 9.17) is 4.74 Å². The first-order valence-electron chi connectivity index (χ1n) is 6.55. The summed E-state index contributed by atoms with van der Waals surface area (Å²) in [6, 6.07) is 7.55. The molecule has 0 radical (unpaired) electrons. The number of methoxy groups -OCH3 is 1. The van der Waals surface area contributed by atoms with Crippen molar-refractivity contribution in [3.05, 3.63) is 41.7 Å². The van der Waals surface area contributed by atoms with E-state index in [1.807, 2.05) is 24.3 Å². The molecule has 6 nitrogen and oxygen atoms in total. The van der Waals surface area contributed by atoms with Gasteiger partial charge in [-0.25, -0.2) is 13.1 Å². The summed E-state index contributed by atoms with van der Waals surface area (Å²) in [5, 5.41) is 3.95. The van der Waals surface area contributed by atoms with E-state index < -0.39 is 10.0 Å². The average molecular weight is 309 g/mol. The molecular formula is C14H19N3O3S. The molecule has 21 heavy (non-hydrogen) atoms. The Morgan fingerprint density at radius 3 is 2.48 bits per heavy atom. The lowest BCUT2D eigenvalue weighted by molar-refractivity contribution is 0.414. The second-order valence-corrected chi connectivity index (χ2v) is 6.45. The van der Waals surface area contributed by atoms with Crippen LogP contribution in [-0.2, 0) is 23.5 Å². The van der Waals surface area contributed by atoms with Crippen molar-refractivity contribution in [2.24, 2.45) is 7.05 Å². The standard InChI is InChI=1S/C14H19N3O3S/c1-11-14(10-15-17(11)2)21(18,19)16-9-8-12-4-6-13(20-3)7-5-12/h4-7,10,16H,8-9H2,1-3H3. The molecule has 1 aromatic carbocycles. The number of ether oxygens (including phenoxy) is 1. The Morgan fingerprint density at radius 2 is 1.95 bits per heavy atom. The van der Waals surface area contributed by atoms with Crippen LogP contribution < -0.4 is 9.46 Å². The Balaban J connectivity index is 1.97. The Hall–Kier alpha value is -1.86.